The van der Waals surface area contributed by atoms with Crippen molar-refractivity contribution in [3.63, 3.8) is 0 Å². The number of halogens is 1. The van der Waals surface area contributed by atoms with Gasteiger partial charge >= 0.3 is 0 Å². The number of para-hydroxylation sites is 1. The van der Waals surface area contributed by atoms with Crippen LogP contribution in [0, 0.1) is 17.7 Å². The van der Waals surface area contributed by atoms with Crippen molar-refractivity contribution in [2.24, 2.45) is 0 Å². The second-order valence-electron chi connectivity index (χ2n) is 4.78. The third kappa shape index (κ3) is 4.34. The first-order valence-corrected chi connectivity index (χ1v) is 6.85. The van der Waals surface area contributed by atoms with Gasteiger partial charge in [-0.2, -0.15) is 0 Å². The van der Waals surface area contributed by atoms with Crippen LogP contribution in [0.15, 0.2) is 48.5 Å². The lowest BCUT2D eigenvalue weighted by Crippen LogP contribution is -2.17. The maximum absolute atomic E-state index is 13.7. The Labute approximate surface area is 124 Å². The number of benzene rings is 2. The molecule has 0 aliphatic rings. The first-order chi connectivity index (χ1) is 10.2. The topological polar surface area (TPSA) is 23.5 Å². The summed E-state index contributed by atoms with van der Waals surface area (Å²) in [6.07, 6.45) is 0.472. The normalized spacial score (nSPS) is 9.86. The zero-order chi connectivity index (χ0) is 15.1. The molecule has 0 spiro atoms. The van der Waals surface area contributed by atoms with Crippen LogP contribution in [0.2, 0.25) is 0 Å². The van der Waals surface area contributed by atoms with E-state index in [-0.39, 0.29) is 12.4 Å². The molecule has 0 aliphatic heterocycles. The minimum atomic E-state index is -0.223. The Morgan fingerprint density at radius 2 is 1.95 bits per heavy atom. The predicted octanol–water partition coefficient (Wildman–Crippen LogP) is 3.20. The van der Waals surface area contributed by atoms with Gasteiger partial charge < -0.3 is 10.0 Å². The Balaban J connectivity index is 2.11. The second-order valence-corrected chi connectivity index (χ2v) is 4.78. The van der Waals surface area contributed by atoms with Crippen LogP contribution >= 0.6 is 0 Å². The lowest BCUT2D eigenvalue weighted by molar-refractivity contribution is 0.305. The number of hydrogen-bond acceptors (Lipinski definition) is 2. The quantitative estimate of drug-likeness (QED) is 0.871. The lowest BCUT2D eigenvalue weighted by atomic mass is 10.1. The third-order valence-corrected chi connectivity index (χ3v) is 3.08. The maximum Gasteiger partial charge on any atom is 0.146 e. The molecule has 0 bridgehead atoms. The van der Waals surface area contributed by atoms with Gasteiger partial charge in [0.25, 0.3) is 0 Å². The molecule has 2 nitrogen and oxygen atoms in total. The molecule has 0 aromatic heterocycles. The Morgan fingerprint density at radius 1 is 1.14 bits per heavy atom. The summed E-state index contributed by atoms with van der Waals surface area (Å²) in [7, 11) is 1.86. The van der Waals surface area contributed by atoms with Crippen molar-refractivity contribution in [1.29, 1.82) is 0 Å². The fraction of sp³-hybridized carbons (Fsp3) is 0.222. The maximum atomic E-state index is 13.7. The minimum absolute atomic E-state index is 0.0721. The highest BCUT2D eigenvalue weighted by Gasteiger charge is 2.07. The Kier molecular flexibility index (Phi) is 5.36. The molecular formula is C18H18FNO. The fourth-order valence-corrected chi connectivity index (χ4v) is 2.09. The Bertz CT molecular complexity index is 658. The molecule has 2 aromatic rings. The van der Waals surface area contributed by atoms with E-state index in [1.165, 1.54) is 6.07 Å². The van der Waals surface area contributed by atoms with E-state index in [1.807, 2.05) is 42.3 Å². The predicted molar refractivity (Wildman–Crippen MR) is 83.5 cm³/mol. The van der Waals surface area contributed by atoms with Gasteiger partial charge in [-0.25, -0.2) is 4.39 Å². The number of anilines is 1. The lowest BCUT2D eigenvalue weighted by Gasteiger charge is -2.20. The zero-order valence-electron chi connectivity index (χ0n) is 12.0. The molecule has 0 radical (unpaired) electrons. The number of rotatable bonds is 4. The highest BCUT2D eigenvalue weighted by molar-refractivity contribution is 5.48. The Morgan fingerprint density at radius 3 is 2.71 bits per heavy atom. The van der Waals surface area contributed by atoms with E-state index in [0.29, 0.717) is 18.7 Å². The van der Waals surface area contributed by atoms with E-state index in [0.717, 1.165) is 11.1 Å². The molecule has 0 unspecified atom stereocenters. The summed E-state index contributed by atoms with van der Waals surface area (Å²) in [6, 6.07) is 14.6. The molecule has 108 valence electrons. The van der Waals surface area contributed by atoms with Crippen molar-refractivity contribution < 1.29 is 9.50 Å². The molecule has 0 fully saturated rings. The van der Waals surface area contributed by atoms with Gasteiger partial charge in [-0.1, -0.05) is 36.1 Å². The van der Waals surface area contributed by atoms with Gasteiger partial charge in [-0.15, -0.1) is 0 Å². The Hall–Kier alpha value is -2.31. The molecule has 2 aromatic carbocycles. The van der Waals surface area contributed by atoms with Gasteiger partial charge in [-0.05, 0) is 29.8 Å². The summed E-state index contributed by atoms with van der Waals surface area (Å²) in [4.78, 5) is 1.87. The number of aliphatic hydroxyl groups is 1. The van der Waals surface area contributed by atoms with Crippen LogP contribution < -0.4 is 4.90 Å². The van der Waals surface area contributed by atoms with E-state index in [2.05, 4.69) is 11.8 Å². The van der Waals surface area contributed by atoms with Crippen molar-refractivity contribution in [3.05, 3.63) is 65.5 Å². The highest BCUT2D eigenvalue weighted by Crippen LogP contribution is 2.19. The SMILES string of the molecule is CN(Cc1cccc(C#CCCO)c1)c1ccccc1F. The largest absolute Gasteiger partial charge is 0.395 e. The van der Waals surface area contributed by atoms with Gasteiger partial charge in [0, 0.05) is 25.6 Å². The van der Waals surface area contributed by atoms with Crippen molar-refractivity contribution in [3.8, 4) is 11.8 Å². The molecular weight excluding hydrogens is 265 g/mol. The molecule has 0 saturated heterocycles. The summed E-state index contributed by atoms with van der Waals surface area (Å²) >= 11 is 0. The number of hydrogen-bond donors (Lipinski definition) is 1. The molecule has 0 atom stereocenters. The van der Waals surface area contributed by atoms with Crippen LogP contribution in [0.1, 0.15) is 17.5 Å². The van der Waals surface area contributed by atoms with E-state index in [9.17, 15) is 4.39 Å². The van der Waals surface area contributed by atoms with Gasteiger partial charge in [0.15, 0.2) is 0 Å². The summed E-state index contributed by atoms with van der Waals surface area (Å²) in [5.41, 5.74) is 2.55. The standard InChI is InChI=1S/C18H18FNO/c1-20(18-11-3-2-10-17(18)19)14-16-9-6-8-15(13-16)7-4-5-12-21/h2-3,6,8-11,13,21H,5,12,14H2,1H3. The summed E-state index contributed by atoms with van der Waals surface area (Å²) in [5.74, 6) is 5.68. The molecule has 0 heterocycles. The molecule has 3 heteroatoms. The van der Waals surface area contributed by atoms with E-state index >= 15 is 0 Å². The van der Waals surface area contributed by atoms with Crippen LogP contribution in [-0.2, 0) is 6.54 Å². The van der Waals surface area contributed by atoms with Crippen LogP contribution in [0.25, 0.3) is 0 Å². The van der Waals surface area contributed by atoms with Crippen LogP contribution in [0.4, 0.5) is 10.1 Å². The van der Waals surface area contributed by atoms with Crippen molar-refractivity contribution in [1.82, 2.24) is 0 Å². The van der Waals surface area contributed by atoms with Gasteiger partial charge in [-0.3, -0.25) is 0 Å². The van der Waals surface area contributed by atoms with E-state index in [1.54, 1.807) is 12.1 Å². The molecule has 1 N–H and O–H groups in total. The average molecular weight is 283 g/mol. The first kappa shape index (κ1) is 15.1. The summed E-state index contributed by atoms with van der Waals surface area (Å²) < 4.78 is 13.7. The average Bonchev–Trinajstić information content (AvgIpc) is 2.48. The molecule has 21 heavy (non-hydrogen) atoms. The third-order valence-electron chi connectivity index (χ3n) is 3.08. The fourth-order valence-electron chi connectivity index (χ4n) is 2.09. The molecule has 0 aliphatic carbocycles. The van der Waals surface area contributed by atoms with Gasteiger partial charge in [0.05, 0.1) is 12.3 Å². The zero-order valence-corrected chi connectivity index (χ0v) is 12.0. The monoisotopic (exact) mass is 283 g/mol. The molecule has 0 saturated carbocycles. The molecule has 2 rings (SSSR count). The molecule has 0 amide bonds. The van der Waals surface area contributed by atoms with Crippen molar-refractivity contribution >= 4 is 5.69 Å². The van der Waals surface area contributed by atoms with Crippen molar-refractivity contribution in [2.45, 2.75) is 13.0 Å². The minimum Gasteiger partial charge on any atom is -0.395 e. The number of nitrogens with zero attached hydrogens (tertiary/aromatic N) is 1. The van der Waals surface area contributed by atoms with E-state index in [4.69, 9.17) is 5.11 Å². The van der Waals surface area contributed by atoms with Gasteiger partial charge in [0.2, 0.25) is 0 Å². The summed E-state index contributed by atoms with van der Waals surface area (Å²) in [5, 5.41) is 8.73. The second kappa shape index (κ2) is 7.47. The summed E-state index contributed by atoms with van der Waals surface area (Å²) in [6.45, 7) is 0.680. The van der Waals surface area contributed by atoms with E-state index < -0.39 is 0 Å². The van der Waals surface area contributed by atoms with Crippen molar-refractivity contribution in [2.75, 3.05) is 18.6 Å². The van der Waals surface area contributed by atoms with Crippen LogP contribution in [0.5, 0.6) is 0 Å². The number of aliphatic hydroxyl groups excluding tert-OH is 1. The van der Waals surface area contributed by atoms with Gasteiger partial charge in [0.1, 0.15) is 5.82 Å². The highest BCUT2D eigenvalue weighted by atomic mass is 19.1. The first-order valence-electron chi connectivity index (χ1n) is 6.85. The van der Waals surface area contributed by atoms with Crippen LogP contribution in [0.3, 0.4) is 0 Å². The van der Waals surface area contributed by atoms with Crippen LogP contribution in [-0.4, -0.2) is 18.8 Å². The smallest absolute Gasteiger partial charge is 0.146 e.